The molecule has 0 aromatic heterocycles. The first kappa shape index (κ1) is 110. The van der Waals surface area contributed by atoms with Crippen LogP contribution in [0, 0.1) is 0 Å². The minimum atomic E-state index is 0. The second-order valence-electron chi connectivity index (χ2n) is 0. The van der Waals surface area contributed by atoms with Crippen LogP contribution in [-0.2, 0) is 38.8 Å². The van der Waals surface area contributed by atoms with Gasteiger partial charge in [0.2, 0.25) is 0 Å². The molecule has 42 valence electrons. The van der Waals surface area contributed by atoms with Gasteiger partial charge in [0.15, 0.2) is 0 Å². The molecule has 8 heteroatoms. The van der Waals surface area contributed by atoms with E-state index in [-0.39, 0.29) is 131 Å². The summed E-state index contributed by atoms with van der Waals surface area (Å²) in [6.07, 6.45) is 0. The molecule has 0 atom stereocenters. The first-order chi connectivity index (χ1) is 0. The molecule has 4 nitrogen and oxygen atoms in total. The third-order valence-electron chi connectivity index (χ3n) is 0. The minimum Gasteiger partial charge on any atom is -0.870 e. The maximum atomic E-state index is 0. The van der Waals surface area contributed by atoms with Crippen LogP contribution in [0.1, 0.15) is 0 Å². The Balaban J connectivity index is 0. The van der Waals surface area contributed by atoms with Crippen molar-refractivity contribution >= 4 is 0 Å². The van der Waals surface area contributed by atoms with Crippen LogP contribution in [0.2, 0.25) is 0 Å². The topological polar surface area (TPSA) is 120 Å². The molecule has 4 N–H and O–H groups in total. The van der Waals surface area contributed by atoms with Gasteiger partial charge >= 0.3 is 87.3 Å². The molecule has 0 heterocycles. The molecule has 0 aliphatic rings. The predicted molar refractivity (Wildman–Crippen MR) is 7.74 cm³/mol. The summed E-state index contributed by atoms with van der Waals surface area (Å²) in [4.78, 5) is 0. The predicted octanol–water partition coefficient (Wildman–Crippen LogP) is -6.70. The molecular formula is H4FeKLiO4Ti. The van der Waals surface area contributed by atoms with E-state index in [1.54, 1.807) is 0 Å². The molecule has 0 aliphatic heterocycles. The van der Waals surface area contributed by atoms with E-state index in [1.165, 1.54) is 0 Å². The Morgan fingerprint density at radius 1 is 0.625 bits per heavy atom. The van der Waals surface area contributed by atoms with Gasteiger partial charge in [-0.25, -0.2) is 0 Å². The fourth-order valence-electron chi connectivity index (χ4n) is 0. The monoisotopic (exact) mass is 218 g/mol. The van der Waals surface area contributed by atoms with Gasteiger partial charge in [-0.2, -0.15) is 0 Å². The number of hydrogen-bond acceptors (Lipinski definition) is 4. The Bertz CT molecular complexity index is 16.0. The molecule has 0 unspecified atom stereocenters. The zero-order valence-electron chi connectivity index (χ0n) is 4.64. The maximum absolute atomic E-state index is 0. The van der Waals surface area contributed by atoms with Gasteiger partial charge in [0.25, 0.3) is 0 Å². The van der Waals surface area contributed by atoms with Crippen molar-refractivity contribution in [1.82, 2.24) is 0 Å². The van der Waals surface area contributed by atoms with Crippen molar-refractivity contribution in [2.45, 2.75) is 0 Å². The summed E-state index contributed by atoms with van der Waals surface area (Å²) in [6.45, 7) is 0. The molecule has 0 amide bonds. The van der Waals surface area contributed by atoms with Gasteiger partial charge < -0.3 is 21.9 Å². The van der Waals surface area contributed by atoms with E-state index in [0.717, 1.165) is 0 Å². The summed E-state index contributed by atoms with van der Waals surface area (Å²) in [6, 6.07) is 0. The molecule has 0 aromatic rings. The fourth-order valence-corrected chi connectivity index (χ4v) is 0. The quantitative estimate of drug-likeness (QED) is 0.375. The largest absolute Gasteiger partial charge is 2.00 e. The Morgan fingerprint density at radius 3 is 0.625 bits per heavy atom. The fraction of sp³-hybridized carbons (Fsp3) is 0. The molecule has 0 fully saturated rings. The Hall–Kier alpha value is 3.31. The summed E-state index contributed by atoms with van der Waals surface area (Å²) < 4.78 is 0. The van der Waals surface area contributed by atoms with Crippen LogP contribution in [0.15, 0.2) is 0 Å². The Kier molecular flexibility index (Phi) is 1120. The third kappa shape index (κ3) is 58.7. The second-order valence-corrected chi connectivity index (χ2v) is 0. The van der Waals surface area contributed by atoms with E-state index in [2.05, 4.69) is 0 Å². The third-order valence-corrected chi connectivity index (χ3v) is 0. The van der Waals surface area contributed by atoms with Gasteiger partial charge in [-0.3, -0.25) is 0 Å². The maximum Gasteiger partial charge on any atom is 2.00 e. The Labute approximate surface area is 128 Å². The summed E-state index contributed by atoms with van der Waals surface area (Å²) >= 11 is 0. The van der Waals surface area contributed by atoms with Crippen LogP contribution in [0.25, 0.3) is 0 Å². The van der Waals surface area contributed by atoms with E-state index < -0.39 is 0 Å². The van der Waals surface area contributed by atoms with Crippen molar-refractivity contribution in [3.05, 3.63) is 0 Å². The molecular weight excluding hydrogens is 214 g/mol. The van der Waals surface area contributed by atoms with Crippen molar-refractivity contribution in [3.8, 4) is 0 Å². The summed E-state index contributed by atoms with van der Waals surface area (Å²) in [5.41, 5.74) is 0. The molecule has 0 bridgehead atoms. The molecule has 8 heavy (non-hydrogen) atoms. The van der Waals surface area contributed by atoms with E-state index in [1.807, 2.05) is 0 Å². The number of rotatable bonds is 0. The van der Waals surface area contributed by atoms with Crippen LogP contribution in [0.5, 0.6) is 0 Å². The van der Waals surface area contributed by atoms with Crippen molar-refractivity contribution < 1.29 is 131 Å². The Morgan fingerprint density at radius 2 is 0.625 bits per heavy atom. The van der Waals surface area contributed by atoms with Crippen LogP contribution >= 0.6 is 0 Å². The van der Waals surface area contributed by atoms with Crippen molar-refractivity contribution in [2.75, 3.05) is 0 Å². The summed E-state index contributed by atoms with van der Waals surface area (Å²) in [5.74, 6) is 0. The zero-order valence-corrected chi connectivity index (χ0v) is 10.4. The standard InChI is InChI=1S/Fe.K.Li.4H2O.Ti/h;;;4*1H2;/q+2;2*+1;;;;;/p-4. The molecule has 0 saturated heterocycles. The molecule has 0 saturated carbocycles. The smallest absolute Gasteiger partial charge is 0.870 e. The van der Waals surface area contributed by atoms with Crippen molar-refractivity contribution in [3.63, 3.8) is 0 Å². The van der Waals surface area contributed by atoms with Gasteiger partial charge in [0.1, 0.15) is 0 Å². The molecule has 0 radical (unpaired) electrons. The van der Waals surface area contributed by atoms with Gasteiger partial charge in [-0.15, -0.1) is 0 Å². The SMILES string of the molecule is [Fe+2].[K+].[Li+].[OH-].[OH-].[OH-].[OH-].[Ti]. The molecule has 0 aromatic carbocycles. The van der Waals surface area contributed by atoms with Gasteiger partial charge in [0.05, 0.1) is 0 Å². The van der Waals surface area contributed by atoms with Crippen molar-refractivity contribution in [1.29, 1.82) is 0 Å². The first-order valence-corrected chi connectivity index (χ1v) is 0. The zero-order chi connectivity index (χ0) is 0. The van der Waals surface area contributed by atoms with Crippen LogP contribution < -0.4 is 70.2 Å². The molecule has 0 rings (SSSR count). The van der Waals surface area contributed by atoms with E-state index in [0.29, 0.717) is 0 Å². The second kappa shape index (κ2) is 81.6. The minimum absolute atomic E-state index is 0. The average Bonchev–Trinajstić information content (AvgIpc) is 0. The normalized spacial score (nSPS) is 0. The van der Waals surface area contributed by atoms with Gasteiger partial charge in [0, 0.05) is 21.7 Å². The summed E-state index contributed by atoms with van der Waals surface area (Å²) in [5, 5.41) is 0. The van der Waals surface area contributed by atoms with Gasteiger partial charge in [-0.05, 0) is 0 Å². The first-order valence-electron chi connectivity index (χ1n) is 0. The van der Waals surface area contributed by atoms with Crippen LogP contribution in [-0.4, -0.2) is 21.9 Å². The van der Waals surface area contributed by atoms with Gasteiger partial charge in [-0.1, -0.05) is 0 Å². The van der Waals surface area contributed by atoms with E-state index in [4.69, 9.17) is 0 Å². The average molecular weight is 218 g/mol. The van der Waals surface area contributed by atoms with Crippen molar-refractivity contribution in [2.24, 2.45) is 0 Å². The summed E-state index contributed by atoms with van der Waals surface area (Å²) in [7, 11) is 0. The van der Waals surface area contributed by atoms with Crippen LogP contribution in [0.3, 0.4) is 0 Å². The van der Waals surface area contributed by atoms with Crippen LogP contribution in [0.4, 0.5) is 0 Å². The number of hydrogen-bond donors (Lipinski definition) is 0. The van der Waals surface area contributed by atoms with E-state index in [9.17, 15) is 0 Å². The van der Waals surface area contributed by atoms with E-state index >= 15 is 0 Å². The molecule has 0 spiro atoms. The molecule has 0 aliphatic carbocycles.